The average molecular weight is 748 g/mol. The van der Waals surface area contributed by atoms with E-state index in [0.29, 0.717) is 30.4 Å². The summed E-state index contributed by atoms with van der Waals surface area (Å²) in [5.41, 5.74) is 1.55. The lowest BCUT2D eigenvalue weighted by molar-refractivity contribution is -0.137. The third-order valence-corrected chi connectivity index (χ3v) is 11.7. The first-order valence-electron chi connectivity index (χ1n) is 16.5. The molecule has 0 saturated carbocycles. The molecule has 17 heteroatoms. The fraction of sp³-hybridized carbons (Fsp3) is 0.429. The largest absolute Gasteiger partial charge is 0.461 e. The number of ether oxygens (including phenoxy) is 1. The van der Waals surface area contributed by atoms with Crippen molar-refractivity contribution in [3.63, 3.8) is 0 Å². The lowest BCUT2D eigenvalue weighted by atomic mass is 9.92. The predicted octanol–water partition coefficient (Wildman–Crippen LogP) is 7.13. The molecule has 3 aliphatic rings. The first kappa shape index (κ1) is 35.7. The van der Waals surface area contributed by atoms with Crippen LogP contribution in [-0.4, -0.2) is 82.8 Å². The van der Waals surface area contributed by atoms with Gasteiger partial charge in [-0.1, -0.05) is 12.6 Å². The molecule has 1 amide bonds. The molecule has 0 spiro atoms. The number of aromatic nitrogens is 2. The normalized spacial score (nSPS) is 23.4. The van der Waals surface area contributed by atoms with Gasteiger partial charge in [0, 0.05) is 48.9 Å². The maximum atomic E-state index is 17.1. The molecule has 4 unspecified atom stereocenters. The minimum Gasteiger partial charge on any atom is -0.461 e. The number of amides is 1. The summed E-state index contributed by atoms with van der Waals surface area (Å²) in [6, 6.07) is 2.64. The van der Waals surface area contributed by atoms with E-state index in [1.54, 1.807) is 13.0 Å². The Morgan fingerprint density at radius 1 is 1.27 bits per heavy atom. The summed E-state index contributed by atoms with van der Waals surface area (Å²) in [5.74, 6) is -4.57. The number of nitrogens with zero attached hydrogens (tertiary/aromatic N) is 6. The molecule has 2 N–H and O–H groups in total. The zero-order chi connectivity index (χ0) is 37.4. The molecule has 0 bridgehead atoms. The number of likely N-dealkylation sites (N-methyl/N-ethyl adjacent to an activating group) is 1. The minimum atomic E-state index is -5.17. The number of fused-ring (bicyclic) bond motifs is 3. The summed E-state index contributed by atoms with van der Waals surface area (Å²) in [7, 11) is 1.50. The summed E-state index contributed by atoms with van der Waals surface area (Å²) in [4.78, 5) is 26.0. The Hall–Kier alpha value is -4.69. The molecule has 9 nitrogen and oxygen atoms in total. The second-order valence-electron chi connectivity index (χ2n) is 13.6. The molecule has 0 radical (unpaired) electrons. The second kappa shape index (κ2) is 12.8. The van der Waals surface area contributed by atoms with Gasteiger partial charge in [-0.2, -0.15) is 28.4 Å². The van der Waals surface area contributed by atoms with Gasteiger partial charge in [-0.25, -0.2) is 17.6 Å². The van der Waals surface area contributed by atoms with E-state index in [9.17, 15) is 23.2 Å². The number of rotatable bonds is 7. The first-order valence-corrected chi connectivity index (χ1v) is 17.3. The standard InChI is InChI=1S/C35H32F7N7O2S/c1-16(36)32(50)49-10-7-24(17(49)2)47(3)31-20-11-22(35(40,41)42)26(19-5-6-23(38)29-25(19)21(13-43)30(44)52-29)27(39)28(20)45-33(46-31)51-15-34-8-4-9-48(34)14-18(37)12-34/h5-6,11,17-18,24H,1,4,7-10,12,14-15,44H2,2-3H3. The summed E-state index contributed by atoms with van der Waals surface area (Å²) in [6.07, 6.45) is -4.40. The van der Waals surface area contributed by atoms with Crippen LogP contribution in [-0.2, 0) is 11.0 Å². The Balaban J connectivity index is 1.44. The number of thiophene rings is 1. The van der Waals surface area contributed by atoms with Crippen LogP contribution in [0.3, 0.4) is 0 Å². The number of anilines is 2. The molecular weight excluding hydrogens is 715 g/mol. The van der Waals surface area contributed by atoms with Crippen LogP contribution in [0, 0.1) is 23.0 Å². The number of carbonyl (C=O) groups excluding carboxylic acids is 1. The fourth-order valence-electron chi connectivity index (χ4n) is 8.21. The van der Waals surface area contributed by atoms with Crippen LogP contribution in [0.15, 0.2) is 30.6 Å². The molecule has 2 aromatic heterocycles. The van der Waals surface area contributed by atoms with Crippen LogP contribution in [0.25, 0.3) is 32.1 Å². The number of carbonyl (C=O) groups is 1. The number of hydrogen-bond acceptors (Lipinski definition) is 9. The van der Waals surface area contributed by atoms with Crippen molar-refractivity contribution >= 4 is 49.1 Å². The van der Waals surface area contributed by atoms with Gasteiger partial charge in [-0.15, -0.1) is 11.3 Å². The third kappa shape index (κ3) is 5.67. The monoisotopic (exact) mass is 747 g/mol. The van der Waals surface area contributed by atoms with Gasteiger partial charge in [0.1, 0.15) is 41.0 Å². The molecule has 4 atom stereocenters. The van der Waals surface area contributed by atoms with Gasteiger partial charge in [0.25, 0.3) is 5.91 Å². The van der Waals surface area contributed by atoms with E-state index in [4.69, 9.17) is 10.5 Å². The van der Waals surface area contributed by atoms with Crippen molar-refractivity contribution in [3.8, 4) is 23.2 Å². The first-order chi connectivity index (χ1) is 24.6. The van der Waals surface area contributed by atoms with Gasteiger partial charge in [-0.3, -0.25) is 9.69 Å². The molecule has 52 heavy (non-hydrogen) atoms. The van der Waals surface area contributed by atoms with Crippen LogP contribution >= 0.6 is 11.3 Å². The van der Waals surface area contributed by atoms with Gasteiger partial charge < -0.3 is 20.3 Å². The van der Waals surface area contributed by atoms with Crippen molar-refractivity contribution in [2.45, 2.75) is 62.6 Å². The van der Waals surface area contributed by atoms with E-state index in [1.807, 2.05) is 4.90 Å². The van der Waals surface area contributed by atoms with E-state index in [-0.39, 0.29) is 70.4 Å². The zero-order valence-electron chi connectivity index (χ0n) is 28.0. The molecule has 2 aromatic carbocycles. The average Bonchev–Trinajstić information content (AvgIpc) is 3.83. The highest BCUT2D eigenvalue weighted by Crippen LogP contribution is 2.48. The Bertz CT molecular complexity index is 2190. The summed E-state index contributed by atoms with van der Waals surface area (Å²) in [5, 5.41) is 9.04. The second-order valence-corrected chi connectivity index (χ2v) is 14.6. The van der Waals surface area contributed by atoms with Crippen molar-refractivity contribution in [1.29, 1.82) is 5.26 Å². The molecule has 274 valence electrons. The van der Waals surface area contributed by atoms with Crippen LogP contribution in [0.1, 0.15) is 43.7 Å². The number of hydrogen-bond donors (Lipinski definition) is 1. The highest BCUT2D eigenvalue weighted by atomic mass is 32.1. The van der Waals surface area contributed by atoms with E-state index in [0.717, 1.165) is 18.6 Å². The van der Waals surface area contributed by atoms with Gasteiger partial charge in [0.05, 0.1) is 27.4 Å². The maximum Gasteiger partial charge on any atom is 0.417 e. The number of alkyl halides is 4. The van der Waals surface area contributed by atoms with Gasteiger partial charge in [0.2, 0.25) is 0 Å². The molecule has 5 heterocycles. The van der Waals surface area contributed by atoms with Gasteiger partial charge in [0.15, 0.2) is 11.6 Å². The number of nitriles is 1. The van der Waals surface area contributed by atoms with Crippen molar-refractivity contribution < 1.29 is 40.3 Å². The molecular formula is C35H32F7N7O2S. The van der Waals surface area contributed by atoms with Crippen LogP contribution in [0.5, 0.6) is 6.01 Å². The molecule has 4 aromatic rings. The summed E-state index contributed by atoms with van der Waals surface area (Å²) >= 11 is 0.651. The lowest BCUT2D eigenvalue weighted by Crippen LogP contribution is -2.44. The highest BCUT2D eigenvalue weighted by Gasteiger charge is 2.49. The van der Waals surface area contributed by atoms with Crippen LogP contribution < -0.4 is 15.4 Å². The molecule has 3 aliphatic heterocycles. The summed E-state index contributed by atoms with van der Waals surface area (Å²) < 4.78 is 111. The van der Waals surface area contributed by atoms with E-state index in [2.05, 4.69) is 16.5 Å². The smallest absolute Gasteiger partial charge is 0.417 e. The SMILES string of the molecule is C=C(F)C(=O)N1CCC(N(C)c2nc(OCC34CCCN3CC(F)C4)nc3c(F)c(-c4ccc(F)c5sc(N)c(C#N)c45)c(C(F)(F)F)cc23)C1C. The van der Waals surface area contributed by atoms with Crippen LogP contribution in [0.2, 0.25) is 0 Å². The molecule has 7 rings (SSSR count). The number of benzene rings is 2. The Morgan fingerprint density at radius 3 is 2.71 bits per heavy atom. The van der Waals surface area contributed by atoms with Crippen LogP contribution in [0.4, 0.5) is 41.6 Å². The topological polar surface area (TPSA) is 112 Å². The van der Waals surface area contributed by atoms with Crippen molar-refractivity contribution in [3.05, 3.63) is 53.4 Å². The number of nitrogens with two attached hydrogens (primary N) is 1. The van der Waals surface area contributed by atoms with Crippen molar-refractivity contribution in [2.24, 2.45) is 0 Å². The van der Waals surface area contributed by atoms with E-state index < -0.39 is 75.5 Å². The predicted molar refractivity (Wildman–Crippen MR) is 181 cm³/mol. The van der Waals surface area contributed by atoms with Gasteiger partial charge >= 0.3 is 12.2 Å². The summed E-state index contributed by atoms with van der Waals surface area (Å²) in [6.45, 7) is 5.61. The third-order valence-electron chi connectivity index (χ3n) is 10.7. The lowest BCUT2D eigenvalue weighted by Gasteiger charge is -2.33. The van der Waals surface area contributed by atoms with Crippen molar-refractivity contribution in [2.75, 3.05) is 43.9 Å². The molecule has 0 aliphatic carbocycles. The molecule has 3 saturated heterocycles. The van der Waals surface area contributed by atoms with Crippen molar-refractivity contribution in [1.82, 2.24) is 19.8 Å². The quantitative estimate of drug-likeness (QED) is 0.157. The number of nitrogen functional groups attached to an aromatic ring is 1. The zero-order valence-corrected chi connectivity index (χ0v) is 28.8. The fourth-order valence-corrected chi connectivity index (χ4v) is 9.16. The maximum absolute atomic E-state index is 17.1. The Labute approximate surface area is 297 Å². The van der Waals surface area contributed by atoms with Gasteiger partial charge in [-0.05, 0) is 50.4 Å². The highest BCUT2D eigenvalue weighted by molar-refractivity contribution is 7.23. The van der Waals surface area contributed by atoms with E-state index >= 15 is 17.6 Å². The number of likely N-dealkylation sites (tertiary alicyclic amines) is 1. The Morgan fingerprint density at radius 2 is 2.02 bits per heavy atom. The number of halogens is 7. The van der Waals surface area contributed by atoms with E-state index in [1.165, 1.54) is 16.8 Å². The Kier molecular flexibility index (Phi) is 8.76. The minimum absolute atomic E-state index is 0.0732. The molecule has 3 fully saturated rings.